The van der Waals surface area contributed by atoms with E-state index in [1.165, 1.54) is 17.7 Å². The zero-order valence-corrected chi connectivity index (χ0v) is 16.4. The summed E-state index contributed by atoms with van der Waals surface area (Å²) in [6.45, 7) is 4.15. The van der Waals surface area contributed by atoms with Crippen LogP contribution < -0.4 is 0 Å². The van der Waals surface area contributed by atoms with Crippen LogP contribution in [0, 0.1) is 12.8 Å². The lowest BCUT2D eigenvalue weighted by Gasteiger charge is -2.34. The standard InChI is InChI=1S/C23H28F3N/c1-15-10-11-18(23(24,25)26)14-20(15)22-19(12-13-21(22)27(3)4)16(2)17-8-6-5-7-9-17/h5-11,14,16,19,21-22H,12-13H2,1-4H3. The predicted octanol–water partition coefficient (Wildman–Crippen LogP) is 6.24. The van der Waals surface area contributed by atoms with Crippen LogP contribution in [-0.2, 0) is 6.18 Å². The van der Waals surface area contributed by atoms with Gasteiger partial charge in [-0.1, -0.05) is 43.3 Å². The van der Waals surface area contributed by atoms with E-state index in [1.54, 1.807) is 6.07 Å². The molecule has 0 amide bonds. The SMILES string of the molecule is Cc1ccc(C(F)(F)F)cc1C1C(C(C)c2ccccc2)CCC1N(C)C. The lowest BCUT2D eigenvalue weighted by molar-refractivity contribution is -0.137. The van der Waals surface area contributed by atoms with Crippen LogP contribution in [0.15, 0.2) is 48.5 Å². The van der Waals surface area contributed by atoms with Crippen LogP contribution >= 0.6 is 0 Å². The lowest BCUT2D eigenvalue weighted by atomic mass is 9.75. The second-order valence-electron chi connectivity index (χ2n) is 8.07. The van der Waals surface area contributed by atoms with Gasteiger partial charge in [-0.15, -0.1) is 0 Å². The van der Waals surface area contributed by atoms with Gasteiger partial charge in [0.05, 0.1) is 5.56 Å². The van der Waals surface area contributed by atoms with E-state index in [1.807, 2.05) is 39.2 Å². The lowest BCUT2D eigenvalue weighted by Crippen LogP contribution is -2.33. The van der Waals surface area contributed by atoms with Crippen molar-refractivity contribution in [2.45, 2.75) is 50.7 Å². The Balaban J connectivity index is 2.05. The topological polar surface area (TPSA) is 3.24 Å². The number of likely N-dealkylation sites (N-methyl/N-ethyl adjacent to an activating group) is 1. The molecule has 0 spiro atoms. The van der Waals surface area contributed by atoms with Crippen molar-refractivity contribution >= 4 is 0 Å². The van der Waals surface area contributed by atoms with Crippen LogP contribution in [0.5, 0.6) is 0 Å². The van der Waals surface area contributed by atoms with Crippen LogP contribution in [0.1, 0.15) is 53.9 Å². The Bertz CT molecular complexity index is 767. The largest absolute Gasteiger partial charge is 0.416 e. The average molecular weight is 375 g/mol. The van der Waals surface area contributed by atoms with Crippen molar-refractivity contribution in [3.8, 4) is 0 Å². The summed E-state index contributed by atoms with van der Waals surface area (Å²) in [5, 5.41) is 0. The molecule has 146 valence electrons. The highest BCUT2D eigenvalue weighted by Crippen LogP contribution is 2.49. The van der Waals surface area contributed by atoms with E-state index in [-0.39, 0.29) is 12.0 Å². The zero-order chi connectivity index (χ0) is 19.8. The molecule has 27 heavy (non-hydrogen) atoms. The molecule has 0 aromatic heterocycles. The molecule has 4 unspecified atom stereocenters. The van der Waals surface area contributed by atoms with E-state index >= 15 is 0 Å². The minimum absolute atomic E-state index is 0.0949. The molecule has 2 aromatic rings. The molecule has 0 bridgehead atoms. The van der Waals surface area contributed by atoms with Gasteiger partial charge in [0.15, 0.2) is 0 Å². The van der Waals surface area contributed by atoms with Crippen molar-refractivity contribution in [2.75, 3.05) is 14.1 Å². The summed E-state index contributed by atoms with van der Waals surface area (Å²) in [6.07, 6.45) is -2.27. The Kier molecular flexibility index (Phi) is 5.66. The van der Waals surface area contributed by atoms with Crippen molar-refractivity contribution in [3.63, 3.8) is 0 Å². The molecule has 0 N–H and O–H groups in total. The van der Waals surface area contributed by atoms with Gasteiger partial charge in [-0.3, -0.25) is 0 Å². The number of rotatable bonds is 4. The van der Waals surface area contributed by atoms with E-state index in [2.05, 4.69) is 24.0 Å². The molecule has 4 heteroatoms. The van der Waals surface area contributed by atoms with Gasteiger partial charge in [0, 0.05) is 12.0 Å². The van der Waals surface area contributed by atoms with Gasteiger partial charge < -0.3 is 4.90 Å². The second kappa shape index (κ2) is 7.67. The average Bonchev–Trinajstić information content (AvgIpc) is 3.06. The molecule has 3 rings (SSSR count). The molecule has 4 atom stereocenters. The quantitative estimate of drug-likeness (QED) is 0.611. The van der Waals surface area contributed by atoms with Crippen LogP contribution in [0.2, 0.25) is 0 Å². The number of nitrogens with zero attached hydrogens (tertiary/aromatic N) is 1. The summed E-state index contributed by atoms with van der Waals surface area (Å²) in [7, 11) is 4.08. The van der Waals surface area contributed by atoms with Crippen molar-refractivity contribution in [2.24, 2.45) is 5.92 Å². The molecule has 1 aliphatic carbocycles. The van der Waals surface area contributed by atoms with Crippen molar-refractivity contribution in [3.05, 3.63) is 70.8 Å². The fourth-order valence-corrected chi connectivity index (χ4v) is 4.77. The molecule has 1 fully saturated rings. The van der Waals surface area contributed by atoms with E-state index in [0.29, 0.717) is 11.8 Å². The molecular weight excluding hydrogens is 347 g/mol. The summed E-state index contributed by atoms with van der Waals surface area (Å²) in [6, 6.07) is 14.8. The Morgan fingerprint density at radius 1 is 1.00 bits per heavy atom. The maximum atomic E-state index is 13.4. The fourth-order valence-electron chi connectivity index (χ4n) is 4.77. The van der Waals surface area contributed by atoms with Gasteiger partial charge in [-0.2, -0.15) is 13.2 Å². The number of hydrogen-bond donors (Lipinski definition) is 0. The first-order chi connectivity index (χ1) is 12.7. The van der Waals surface area contributed by atoms with Crippen molar-refractivity contribution in [1.29, 1.82) is 0 Å². The van der Waals surface area contributed by atoms with Gasteiger partial charge in [-0.25, -0.2) is 0 Å². The third-order valence-electron chi connectivity index (χ3n) is 6.27. The summed E-state index contributed by atoms with van der Waals surface area (Å²) >= 11 is 0. The Morgan fingerprint density at radius 3 is 2.26 bits per heavy atom. The van der Waals surface area contributed by atoms with Crippen molar-refractivity contribution in [1.82, 2.24) is 4.90 Å². The van der Waals surface area contributed by atoms with Gasteiger partial charge in [-0.05, 0) is 74.5 Å². The summed E-state index contributed by atoms with van der Waals surface area (Å²) < 4.78 is 40.1. The van der Waals surface area contributed by atoms with Crippen molar-refractivity contribution < 1.29 is 13.2 Å². The molecule has 0 heterocycles. The third-order valence-corrected chi connectivity index (χ3v) is 6.27. The highest BCUT2D eigenvalue weighted by atomic mass is 19.4. The smallest absolute Gasteiger partial charge is 0.306 e. The minimum Gasteiger partial charge on any atom is -0.306 e. The second-order valence-corrected chi connectivity index (χ2v) is 8.07. The summed E-state index contributed by atoms with van der Waals surface area (Å²) in [5.74, 6) is 0.717. The molecule has 1 aliphatic rings. The molecule has 1 nitrogen and oxygen atoms in total. The van der Waals surface area contributed by atoms with Crippen LogP contribution in [0.3, 0.4) is 0 Å². The molecule has 2 aromatic carbocycles. The maximum Gasteiger partial charge on any atom is 0.416 e. The van der Waals surface area contributed by atoms with Crippen LogP contribution in [0.25, 0.3) is 0 Å². The minimum atomic E-state index is -4.31. The Hall–Kier alpha value is -1.81. The van der Waals surface area contributed by atoms with E-state index in [0.717, 1.165) is 24.0 Å². The molecule has 0 saturated heterocycles. The Morgan fingerprint density at radius 2 is 1.67 bits per heavy atom. The third kappa shape index (κ3) is 4.06. The number of benzene rings is 2. The zero-order valence-electron chi connectivity index (χ0n) is 16.4. The van der Waals surface area contributed by atoms with E-state index in [4.69, 9.17) is 0 Å². The first-order valence-electron chi connectivity index (χ1n) is 9.59. The highest BCUT2D eigenvalue weighted by molar-refractivity contribution is 5.38. The number of halogens is 3. The first kappa shape index (κ1) is 19.9. The van der Waals surface area contributed by atoms with Gasteiger partial charge in [0.1, 0.15) is 0 Å². The normalized spacial score (nSPS) is 24.4. The maximum absolute atomic E-state index is 13.4. The van der Waals surface area contributed by atoms with Crippen LogP contribution in [0.4, 0.5) is 13.2 Å². The number of hydrogen-bond acceptors (Lipinski definition) is 1. The Labute approximate surface area is 160 Å². The van der Waals surface area contributed by atoms with E-state index < -0.39 is 11.7 Å². The highest BCUT2D eigenvalue weighted by Gasteiger charge is 2.42. The van der Waals surface area contributed by atoms with Crippen LogP contribution in [-0.4, -0.2) is 25.0 Å². The van der Waals surface area contributed by atoms with E-state index in [9.17, 15) is 13.2 Å². The molecule has 0 radical (unpaired) electrons. The number of aryl methyl sites for hydroxylation is 1. The summed E-state index contributed by atoms with van der Waals surface area (Å²) in [5.41, 5.74) is 2.52. The monoisotopic (exact) mass is 375 g/mol. The molecule has 0 aliphatic heterocycles. The first-order valence-corrected chi connectivity index (χ1v) is 9.59. The molecule has 1 saturated carbocycles. The molecular formula is C23H28F3N. The van der Waals surface area contributed by atoms with Gasteiger partial charge >= 0.3 is 6.18 Å². The summed E-state index contributed by atoms with van der Waals surface area (Å²) in [4.78, 5) is 2.18. The van der Waals surface area contributed by atoms with Gasteiger partial charge in [0.2, 0.25) is 0 Å². The number of alkyl halides is 3. The fraction of sp³-hybridized carbons (Fsp3) is 0.478. The predicted molar refractivity (Wildman–Crippen MR) is 104 cm³/mol. The van der Waals surface area contributed by atoms with Gasteiger partial charge in [0.25, 0.3) is 0 Å².